The normalized spacial score (nSPS) is 12.7. The maximum Gasteiger partial charge on any atom is 0.408 e. The van der Waals surface area contributed by atoms with E-state index >= 15 is 0 Å². The van der Waals surface area contributed by atoms with Crippen molar-refractivity contribution in [3.05, 3.63) is 42.0 Å². The molecule has 0 spiro atoms. The molecule has 1 rings (SSSR count). The molecule has 4 amide bonds. The van der Waals surface area contributed by atoms with Crippen LogP contribution in [0.15, 0.2) is 30.8 Å². The van der Waals surface area contributed by atoms with E-state index in [9.17, 15) is 24.3 Å². The molecule has 0 aliphatic heterocycles. The van der Waals surface area contributed by atoms with Gasteiger partial charge in [0.25, 0.3) is 0 Å². The molecule has 0 fully saturated rings. The Hall–Kier alpha value is -3.40. The molecule has 10 nitrogen and oxygen atoms in total. The number of amides is 4. The fourth-order valence-electron chi connectivity index (χ4n) is 3.48. The zero-order chi connectivity index (χ0) is 27.3. The topological polar surface area (TPSA) is 151 Å². The van der Waals surface area contributed by atoms with E-state index in [1.54, 1.807) is 51.1 Å². The number of nitrogens with one attached hydrogen (secondary N) is 2. The van der Waals surface area contributed by atoms with Crippen LogP contribution in [0.4, 0.5) is 4.79 Å². The summed E-state index contributed by atoms with van der Waals surface area (Å²) in [5, 5.41) is 15.1. The highest BCUT2D eigenvalue weighted by Crippen LogP contribution is 2.24. The van der Waals surface area contributed by atoms with E-state index in [1.807, 2.05) is 6.92 Å². The van der Waals surface area contributed by atoms with Gasteiger partial charge < -0.3 is 31.1 Å². The quantitative estimate of drug-likeness (QED) is 0.285. The zero-order valence-corrected chi connectivity index (χ0v) is 21.7. The van der Waals surface area contributed by atoms with Gasteiger partial charge in [0.1, 0.15) is 17.7 Å². The van der Waals surface area contributed by atoms with Crippen LogP contribution in [0.25, 0.3) is 6.08 Å². The minimum atomic E-state index is -1.22. The summed E-state index contributed by atoms with van der Waals surface area (Å²) < 4.78 is 5.28. The van der Waals surface area contributed by atoms with Gasteiger partial charge in [-0.15, -0.1) is 0 Å². The van der Waals surface area contributed by atoms with Gasteiger partial charge in [0.15, 0.2) is 0 Å². The van der Waals surface area contributed by atoms with Crippen LogP contribution in [-0.2, 0) is 19.1 Å². The molecular weight excluding hydrogens is 464 g/mol. The lowest BCUT2D eigenvalue weighted by Crippen LogP contribution is -2.54. The summed E-state index contributed by atoms with van der Waals surface area (Å²) in [5.74, 6) is -1.74. The lowest BCUT2D eigenvalue weighted by atomic mass is 9.99. The predicted molar refractivity (Wildman–Crippen MR) is 138 cm³/mol. The number of rotatable bonds is 14. The molecule has 36 heavy (non-hydrogen) atoms. The second-order valence-electron chi connectivity index (χ2n) is 9.38. The number of unbranched alkanes of at least 4 members (excludes halogenated alkanes) is 1. The molecule has 0 aliphatic carbocycles. The van der Waals surface area contributed by atoms with Gasteiger partial charge in [0.2, 0.25) is 17.7 Å². The van der Waals surface area contributed by atoms with Gasteiger partial charge in [-0.3, -0.25) is 14.4 Å². The molecule has 2 atom stereocenters. The first-order valence-electron chi connectivity index (χ1n) is 12.1. The Balaban J connectivity index is 3.43. The zero-order valence-electron chi connectivity index (χ0n) is 21.7. The smallest absolute Gasteiger partial charge is 0.408 e. The van der Waals surface area contributed by atoms with Gasteiger partial charge in [-0.05, 0) is 50.8 Å². The fraction of sp³-hybridized carbons (Fsp3) is 0.538. The molecule has 0 aliphatic rings. The molecular formula is C26H40N4O6. The average Bonchev–Trinajstić information content (AvgIpc) is 2.80. The number of nitrogens with two attached hydrogens (primary N) is 1. The van der Waals surface area contributed by atoms with Crippen LogP contribution >= 0.6 is 0 Å². The van der Waals surface area contributed by atoms with Crippen LogP contribution in [0.3, 0.4) is 0 Å². The second-order valence-corrected chi connectivity index (χ2v) is 9.38. The third-order valence-corrected chi connectivity index (χ3v) is 5.14. The molecule has 2 unspecified atom stereocenters. The lowest BCUT2D eigenvalue weighted by molar-refractivity contribution is -0.143. The molecule has 0 radical (unpaired) electrons. The van der Waals surface area contributed by atoms with E-state index in [0.29, 0.717) is 12.1 Å². The Morgan fingerprint density at radius 2 is 1.94 bits per heavy atom. The Morgan fingerprint density at radius 3 is 2.50 bits per heavy atom. The van der Waals surface area contributed by atoms with Crippen molar-refractivity contribution >= 4 is 29.9 Å². The highest BCUT2D eigenvalue weighted by molar-refractivity contribution is 5.92. The summed E-state index contributed by atoms with van der Waals surface area (Å²) in [6.07, 6.45) is 2.09. The minimum absolute atomic E-state index is 0.105. The van der Waals surface area contributed by atoms with Crippen LogP contribution in [0.5, 0.6) is 0 Å². The van der Waals surface area contributed by atoms with Crippen molar-refractivity contribution in [1.82, 2.24) is 15.5 Å². The summed E-state index contributed by atoms with van der Waals surface area (Å²) >= 11 is 0. The highest BCUT2D eigenvalue weighted by Gasteiger charge is 2.36. The first-order chi connectivity index (χ1) is 16.9. The monoisotopic (exact) mass is 504 g/mol. The number of nitrogens with zero attached hydrogens (tertiary/aromatic N) is 1. The lowest BCUT2D eigenvalue weighted by Gasteiger charge is -2.34. The third kappa shape index (κ3) is 10.5. The van der Waals surface area contributed by atoms with Gasteiger partial charge in [-0.1, -0.05) is 44.2 Å². The summed E-state index contributed by atoms with van der Waals surface area (Å²) in [4.78, 5) is 52.2. The number of aliphatic hydroxyl groups is 1. The van der Waals surface area contributed by atoms with Crippen LogP contribution < -0.4 is 16.4 Å². The van der Waals surface area contributed by atoms with E-state index < -0.39 is 48.1 Å². The van der Waals surface area contributed by atoms with Crippen molar-refractivity contribution < 1.29 is 29.0 Å². The summed E-state index contributed by atoms with van der Waals surface area (Å²) in [6.45, 7) is 10.6. The van der Waals surface area contributed by atoms with Crippen molar-refractivity contribution in [3.8, 4) is 0 Å². The number of carbonyl (C=O) groups is 4. The van der Waals surface area contributed by atoms with Crippen LogP contribution in [-0.4, -0.2) is 65.2 Å². The van der Waals surface area contributed by atoms with Gasteiger partial charge in [0.05, 0.1) is 6.61 Å². The third-order valence-electron chi connectivity index (χ3n) is 5.14. The van der Waals surface area contributed by atoms with E-state index in [1.165, 1.54) is 4.90 Å². The standard InChI is InChI=1S/C26H40N4O6/c1-6-8-14-28-23(33)22(19-11-9-10-18(7-2)17-19)30(15-16-31)24(34)20(12-13-21(27)32)29-25(35)36-26(3,4)5/h7,9-11,17,20,22,31H,2,6,8,12-16H2,1,3-5H3,(H2,27,32)(H,28,33)(H,29,35). The van der Waals surface area contributed by atoms with Crippen molar-refractivity contribution in [2.45, 2.75) is 71.1 Å². The van der Waals surface area contributed by atoms with Crippen LogP contribution in [0.1, 0.15) is 70.5 Å². The average molecular weight is 505 g/mol. The molecule has 1 aromatic carbocycles. The maximum atomic E-state index is 13.7. The number of alkyl carbamates (subject to hydrolysis) is 1. The van der Waals surface area contributed by atoms with Gasteiger partial charge in [-0.25, -0.2) is 4.79 Å². The Kier molecular flexibility index (Phi) is 12.7. The summed E-state index contributed by atoms with van der Waals surface area (Å²) in [6, 6.07) is 4.66. The SMILES string of the molecule is C=Cc1cccc(C(C(=O)NCCCC)N(CCO)C(=O)C(CCC(N)=O)NC(=O)OC(C)(C)C)c1. The van der Waals surface area contributed by atoms with E-state index in [-0.39, 0.29) is 19.4 Å². The number of ether oxygens (including phenoxy) is 1. The van der Waals surface area contributed by atoms with E-state index in [0.717, 1.165) is 18.4 Å². The van der Waals surface area contributed by atoms with E-state index in [4.69, 9.17) is 10.5 Å². The Morgan fingerprint density at radius 1 is 1.25 bits per heavy atom. The Bertz CT molecular complexity index is 912. The number of aliphatic hydroxyl groups excluding tert-OH is 1. The minimum Gasteiger partial charge on any atom is -0.444 e. The fourth-order valence-corrected chi connectivity index (χ4v) is 3.48. The van der Waals surface area contributed by atoms with Gasteiger partial charge >= 0.3 is 6.09 Å². The Labute approximate surface area is 213 Å². The summed E-state index contributed by atoms with van der Waals surface area (Å²) in [7, 11) is 0. The van der Waals surface area contributed by atoms with Crippen molar-refractivity contribution in [2.24, 2.45) is 5.73 Å². The summed E-state index contributed by atoms with van der Waals surface area (Å²) in [5.41, 5.74) is 5.72. The molecule has 200 valence electrons. The van der Waals surface area contributed by atoms with Gasteiger partial charge in [-0.2, -0.15) is 0 Å². The second kappa shape index (κ2) is 14.9. The molecule has 1 aromatic rings. The molecule has 0 heterocycles. The number of hydrogen-bond acceptors (Lipinski definition) is 6. The molecule has 5 N–H and O–H groups in total. The molecule has 0 saturated heterocycles. The number of hydrogen-bond donors (Lipinski definition) is 4. The van der Waals surface area contributed by atoms with Crippen molar-refractivity contribution in [3.63, 3.8) is 0 Å². The number of primary amides is 1. The molecule has 0 saturated carbocycles. The van der Waals surface area contributed by atoms with Crippen molar-refractivity contribution in [2.75, 3.05) is 19.7 Å². The van der Waals surface area contributed by atoms with Crippen LogP contribution in [0.2, 0.25) is 0 Å². The van der Waals surface area contributed by atoms with Crippen LogP contribution in [0, 0.1) is 0 Å². The number of carbonyl (C=O) groups excluding carboxylic acids is 4. The van der Waals surface area contributed by atoms with Gasteiger partial charge in [0, 0.05) is 19.5 Å². The maximum absolute atomic E-state index is 13.7. The van der Waals surface area contributed by atoms with Crippen molar-refractivity contribution in [1.29, 1.82) is 0 Å². The molecule has 0 aromatic heterocycles. The predicted octanol–water partition coefficient (Wildman–Crippen LogP) is 2.27. The number of benzene rings is 1. The molecule has 10 heteroatoms. The molecule has 0 bridgehead atoms. The highest BCUT2D eigenvalue weighted by atomic mass is 16.6. The van der Waals surface area contributed by atoms with E-state index in [2.05, 4.69) is 17.2 Å². The first-order valence-corrected chi connectivity index (χ1v) is 12.1. The first kappa shape index (κ1) is 30.6. The largest absolute Gasteiger partial charge is 0.444 e.